The van der Waals surface area contributed by atoms with Crippen molar-refractivity contribution in [3.05, 3.63) is 139 Å². The largest absolute Gasteiger partial charge is 0.350 e. The molecule has 9 rings (SSSR count). The second kappa shape index (κ2) is 12.3. The second-order valence-electron chi connectivity index (χ2n) is 11.5. The summed E-state index contributed by atoms with van der Waals surface area (Å²) in [7, 11) is 0. The van der Waals surface area contributed by atoms with Crippen LogP contribution in [0.2, 0.25) is 0 Å². The van der Waals surface area contributed by atoms with Crippen LogP contribution in [-0.4, -0.2) is 14.4 Å². The van der Waals surface area contributed by atoms with E-state index in [9.17, 15) is 0 Å². The summed E-state index contributed by atoms with van der Waals surface area (Å²) in [4.78, 5) is 8.95. The van der Waals surface area contributed by atoms with Crippen LogP contribution >= 0.6 is 0 Å². The van der Waals surface area contributed by atoms with Gasteiger partial charge < -0.3 is 14.4 Å². The van der Waals surface area contributed by atoms with Crippen molar-refractivity contribution >= 4 is 38.1 Å². The first-order valence-corrected chi connectivity index (χ1v) is 15.3. The van der Waals surface area contributed by atoms with E-state index in [-0.39, 0.29) is 20.1 Å². The molecule has 44 heavy (non-hydrogen) atoms. The maximum absolute atomic E-state index is 4.73. The van der Waals surface area contributed by atoms with Gasteiger partial charge in [-0.15, -0.1) is 59.7 Å². The Morgan fingerprint density at radius 1 is 0.591 bits per heavy atom. The molecule has 1 fully saturated rings. The third-order valence-corrected chi connectivity index (χ3v) is 8.94. The van der Waals surface area contributed by atoms with Gasteiger partial charge in [-0.1, -0.05) is 84.8 Å². The van der Waals surface area contributed by atoms with Crippen molar-refractivity contribution in [2.75, 3.05) is 0 Å². The van der Waals surface area contributed by atoms with E-state index in [2.05, 4.69) is 88.2 Å². The molecule has 3 nitrogen and oxygen atoms in total. The number of pyridine rings is 2. The van der Waals surface area contributed by atoms with E-state index >= 15 is 0 Å². The van der Waals surface area contributed by atoms with Crippen LogP contribution in [0.4, 0.5) is 0 Å². The third kappa shape index (κ3) is 5.09. The molecule has 0 unspecified atom stereocenters. The number of nitrogens with zero attached hydrogens (tertiary/aromatic N) is 3. The third-order valence-electron chi connectivity index (χ3n) is 8.94. The Balaban J connectivity index is 0.000000203. The van der Waals surface area contributed by atoms with Gasteiger partial charge in [-0.25, -0.2) is 0 Å². The average molecular weight is 746 g/mol. The smallest absolute Gasteiger partial charge is 0.0516 e. The topological polar surface area (TPSA) is 30.2 Å². The van der Waals surface area contributed by atoms with Crippen LogP contribution in [0.15, 0.2) is 122 Å². The molecule has 0 bridgehead atoms. The van der Waals surface area contributed by atoms with E-state index in [1.807, 2.05) is 48.7 Å². The fourth-order valence-corrected chi connectivity index (χ4v) is 6.88. The number of rotatable bonds is 3. The summed E-state index contributed by atoms with van der Waals surface area (Å²) in [5.41, 5.74) is 9.38. The fraction of sp³-hybridized carbons (Fsp3) is 0.150. The van der Waals surface area contributed by atoms with Crippen LogP contribution in [0.5, 0.6) is 0 Å². The molecule has 8 aromatic rings. The number of fused-ring (bicyclic) bond motifs is 6. The minimum absolute atomic E-state index is 0. The zero-order chi connectivity index (χ0) is 28.6. The van der Waals surface area contributed by atoms with Crippen molar-refractivity contribution in [2.24, 2.45) is 0 Å². The molecule has 0 amide bonds. The summed E-state index contributed by atoms with van der Waals surface area (Å²) in [6, 6.07) is 44.7. The van der Waals surface area contributed by atoms with Gasteiger partial charge in [0.2, 0.25) is 0 Å². The summed E-state index contributed by atoms with van der Waals surface area (Å²) in [6.07, 6.45) is 10.5. The van der Waals surface area contributed by atoms with Gasteiger partial charge in [0.25, 0.3) is 0 Å². The molecule has 0 spiro atoms. The Morgan fingerprint density at radius 3 is 2.18 bits per heavy atom. The molecule has 0 N–H and O–H groups in total. The Hall–Kier alpha value is -4.37. The van der Waals surface area contributed by atoms with E-state index in [1.165, 1.54) is 75.8 Å². The molecule has 4 aromatic heterocycles. The normalized spacial score (nSPS) is 13.6. The molecule has 1 aliphatic rings. The summed E-state index contributed by atoms with van der Waals surface area (Å²) in [5, 5.41) is 5.23. The average Bonchev–Trinajstić information content (AvgIpc) is 3.62. The van der Waals surface area contributed by atoms with Gasteiger partial charge in [-0.05, 0) is 59.2 Å². The molecule has 4 heteroatoms. The van der Waals surface area contributed by atoms with Gasteiger partial charge >= 0.3 is 0 Å². The summed E-state index contributed by atoms with van der Waals surface area (Å²) in [6.45, 7) is 0. The van der Waals surface area contributed by atoms with Gasteiger partial charge in [-0.2, -0.15) is 0 Å². The van der Waals surface area contributed by atoms with E-state index in [0.717, 1.165) is 22.5 Å². The van der Waals surface area contributed by atoms with Crippen molar-refractivity contribution in [3.63, 3.8) is 0 Å². The minimum Gasteiger partial charge on any atom is -0.350 e. The zero-order valence-corrected chi connectivity index (χ0v) is 26.7. The first-order valence-electron chi connectivity index (χ1n) is 15.3. The van der Waals surface area contributed by atoms with Gasteiger partial charge in [0.1, 0.15) is 0 Å². The van der Waals surface area contributed by atoms with Gasteiger partial charge in [-0.3, -0.25) is 0 Å². The molecule has 1 aliphatic carbocycles. The van der Waals surface area contributed by atoms with Crippen LogP contribution in [0.3, 0.4) is 0 Å². The Morgan fingerprint density at radius 2 is 1.36 bits per heavy atom. The van der Waals surface area contributed by atoms with Gasteiger partial charge in [0.05, 0.1) is 5.52 Å². The number of para-hydroxylation sites is 2. The molecule has 1 radical (unpaired) electrons. The monoisotopic (exact) mass is 746 g/mol. The van der Waals surface area contributed by atoms with Crippen LogP contribution in [0.1, 0.15) is 43.6 Å². The van der Waals surface area contributed by atoms with Crippen LogP contribution < -0.4 is 0 Å². The summed E-state index contributed by atoms with van der Waals surface area (Å²) < 4.78 is 2.40. The van der Waals surface area contributed by atoms with Crippen molar-refractivity contribution in [3.8, 4) is 22.5 Å². The SMILES string of the molecule is [Ir].[c-]1cc2c(cc1-c1cc(C3CCCCC3)ccn1)c1cccc3c4ccccc4n2c13.[c-]1ccccc1-c1ccccn1. The number of hydrogen-bond donors (Lipinski definition) is 0. The van der Waals surface area contributed by atoms with Crippen LogP contribution in [0, 0.1) is 12.1 Å². The van der Waals surface area contributed by atoms with E-state index in [0.29, 0.717) is 5.92 Å². The number of hydrogen-bond acceptors (Lipinski definition) is 2. The van der Waals surface area contributed by atoms with Crippen molar-refractivity contribution < 1.29 is 20.1 Å². The fourth-order valence-electron chi connectivity index (χ4n) is 6.88. The standard InChI is InChI=1S/C29H23N2.C11H8N.Ir/c1-2-7-19(8-3-1)20-15-16-30-26(18-20)21-13-14-28-25(17-21)24-11-6-10-23-22-9-4-5-12-27(22)31(28)29(23)24;1-2-6-10(7-3-1)11-8-4-5-9-12-11;/h4-6,9-12,14-19H,1-3,7-8H2;1-6,8-9H;/q2*-1;. The van der Waals surface area contributed by atoms with Crippen molar-refractivity contribution in [1.29, 1.82) is 0 Å². The molecular weight excluding hydrogens is 715 g/mol. The quantitative estimate of drug-likeness (QED) is 0.169. The van der Waals surface area contributed by atoms with Crippen LogP contribution in [-0.2, 0) is 20.1 Å². The molecule has 4 aromatic carbocycles. The molecule has 0 saturated heterocycles. The molecule has 4 heterocycles. The number of aromatic nitrogens is 3. The Labute approximate surface area is 271 Å². The molecule has 217 valence electrons. The van der Waals surface area contributed by atoms with Gasteiger partial charge in [0, 0.05) is 48.8 Å². The van der Waals surface area contributed by atoms with Gasteiger partial charge in [0.15, 0.2) is 0 Å². The van der Waals surface area contributed by atoms with E-state index in [1.54, 1.807) is 6.20 Å². The predicted octanol–water partition coefficient (Wildman–Crippen LogP) is 10.3. The van der Waals surface area contributed by atoms with E-state index in [4.69, 9.17) is 4.98 Å². The van der Waals surface area contributed by atoms with Crippen LogP contribution in [0.25, 0.3) is 60.6 Å². The maximum Gasteiger partial charge on any atom is 0.0516 e. The predicted molar refractivity (Wildman–Crippen MR) is 178 cm³/mol. The van der Waals surface area contributed by atoms with Crippen molar-refractivity contribution in [1.82, 2.24) is 14.4 Å². The zero-order valence-electron chi connectivity index (χ0n) is 24.3. The van der Waals surface area contributed by atoms with Crippen molar-refractivity contribution in [2.45, 2.75) is 38.0 Å². The first kappa shape index (κ1) is 28.4. The molecular formula is C40H31IrN3-2. The number of benzene rings is 4. The molecule has 0 aliphatic heterocycles. The van der Waals surface area contributed by atoms with E-state index < -0.39 is 0 Å². The Kier molecular flexibility index (Phi) is 7.95. The molecule has 0 atom stereocenters. The second-order valence-corrected chi connectivity index (χ2v) is 11.5. The summed E-state index contributed by atoms with van der Waals surface area (Å²) >= 11 is 0. The summed E-state index contributed by atoms with van der Waals surface area (Å²) in [5.74, 6) is 0.686. The Bertz CT molecular complexity index is 2130. The first-order chi connectivity index (χ1) is 21.3. The molecule has 1 saturated carbocycles. The maximum atomic E-state index is 4.73. The minimum atomic E-state index is 0.